The molecule has 0 atom stereocenters. The third-order valence-corrected chi connectivity index (χ3v) is 4.28. The number of hydrogen-bond acceptors (Lipinski definition) is 6. The van der Waals surface area contributed by atoms with E-state index < -0.39 is 11.9 Å². The molecule has 162 valence electrons. The molecule has 31 heavy (non-hydrogen) atoms. The number of carbonyl (C=O) groups is 2. The van der Waals surface area contributed by atoms with Gasteiger partial charge in [-0.3, -0.25) is 9.89 Å². The van der Waals surface area contributed by atoms with Crippen LogP contribution in [-0.4, -0.2) is 42.4 Å². The topological polar surface area (TPSA) is 103 Å². The molecule has 0 fully saturated rings. The number of anilines is 1. The highest BCUT2D eigenvalue weighted by Gasteiger charge is 2.20. The largest absolute Gasteiger partial charge is 0.490 e. The molecule has 2 N–H and O–H groups in total. The molecule has 1 aromatic heterocycles. The monoisotopic (exact) mass is 427 g/mol. The van der Waals surface area contributed by atoms with Crippen LogP contribution >= 0.6 is 0 Å². The molecule has 0 bridgehead atoms. The highest BCUT2D eigenvalue weighted by atomic mass is 19.1. The minimum absolute atomic E-state index is 0.170. The number of ether oxygens (including phenoxy) is 3. The lowest BCUT2D eigenvalue weighted by Gasteiger charge is -2.17. The van der Waals surface area contributed by atoms with Crippen molar-refractivity contribution in [1.82, 2.24) is 10.2 Å². The van der Waals surface area contributed by atoms with Crippen molar-refractivity contribution in [1.29, 1.82) is 0 Å². The van der Waals surface area contributed by atoms with Gasteiger partial charge < -0.3 is 19.5 Å². The molecule has 0 saturated heterocycles. The molecule has 0 saturated carbocycles. The maximum Gasteiger partial charge on any atom is 0.338 e. The van der Waals surface area contributed by atoms with Crippen LogP contribution in [0.15, 0.2) is 42.5 Å². The van der Waals surface area contributed by atoms with Gasteiger partial charge in [-0.05, 0) is 56.3 Å². The molecule has 2 aromatic carbocycles. The number of nitrogens with one attached hydrogen (secondary N) is 2. The fourth-order valence-corrected chi connectivity index (χ4v) is 2.88. The van der Waals surface area contributed by atoms with Crippen LogP contribution in [0.5, 0.6) is 11.5 Å². The van der Waals surface area contributed by atoms with Crippen LogP contribution in [-0.2, 0) is 4.74 Å². The van der Waals surface area contributed by atoms with Crippen LogP contribution in [0.2, 0.25) is 0 Å². The Balaban J connectivity index is 1.93. The highest BCUT2D eigenvalue weighted by molar-refractivity contribution is 6.05. The summed E-state index contributed by atoms with van der Waals surface area (Å²) in [6.07, 6.45) is 0. The molecule has 3 aromatic rings. The number of amides is 1. The van der Waals surface area contributed by atoms with Crippen molar-refractivity contribution >= 4 is 17.6 Å². The van der Waals surface area contributed by atoms with Crippen LogP contribution in [0.4, 0.5) is 10.1 Å². The summed E-state index contributed by atoms with van der Waals surface area (Å²) in [6, 6.07) is 10.2. The first kappa shape index (κ1) is 21.8. The van der Waals surface area contributed by atoms with Crippen molar-refractivity contribution in [3.8, 4) is 22.8 Å². The SMILES string of the molecule is CCOc1cc(C(=O)OC)cc(NC(=O)c2cc(-c3ccc(F)cc3)n[nH]2)c1OCC. The van der Waals surface area contributed by atoms with Gasteiger partial charge in [0.15, 0.2) is 11.5 Å². The maximum absolute atomic E-state index is 13.1. The number of nitrogens with zero attached hydrogens (tertiary/aromatic N) is 1. The van der Waals surface area contributed by atoms with E-state index in [9.17, 15) is 14.0 Å². The van der Waals surface area contributed by atoms with Crippen molar-refractivity contribution in [2.24, 2.45) is 0 Å². The van der Waals surface area contributed by atoms with Gasteiger partial charge in [-0.2, -0.15) is 5.10 Å². The van der Waals surface area contributed by atoms with Gasteiger partial charge in [0.25, 0.3) is 5.91 Å². The summed E-state index contributed by atoms with van der Waals surface area (Å²) in [5, 5.41) is 9.49. The van der Waals surface area contributed by atoms with E-state index in [1.165, 1.54) is 37.4 Å². The second kappa shape index (κ2) is 9.75. The number of methoxy groups -OCH3 is 1. The molecule has 9 heteroatoms. The number of rotatable bonds is 8. The molecule has 0 aliphatic rings. The molecule has 0 spiro atoms. The van der Waals surface area contributed by atoms with Crippen molar-refractivity contribution in [3.63, 3.8) is 0 Å². The Morgan fingerprint density at radius 3 is 2.42 bits per heavy atom. The molecular weight excluding hydrogens is 405 g/mol. The predicted molar refractivity (Wildman–Crippen MR) is 112 cm³/mol. The van der Waals surface area contributed by atoms with Crippen LogP contribution in [0.3, 0.4) is 0 Å². The number of benzene rings is 2. The Kier molecular flexibility index (Phi) is 6.86. The first-order chi connectivity index (χ1) is 15.0. The standard InChI is InChI=1S/C22H22FN3O5/c1-4-30-19-11-14(22(28)29-3)10-17(20(19)31-5-2)24-21(27)18-12-16(25-26-18)13-6-8-15(23)9-7-13/h6-12H,4-5H2,1-3H3,(H,24,27)(H,25,26). The van der Waals surface area contributed by atoms with E-state index in [4.69, 9.17) is 14.2 Å². The van der Waals surface area contributed by atoms with Gasteiger partial charge in [0.2, 0.25) is 0 Å². The zero-order valence-corrected chi connectivity index (χ0v) is 17.3. The lowest BCUT2D eigenvalue weighted by Crippen LogP contribution is -2.15. The summed E-state index contributed by atoms with van der Waals surface area (Å²) in [4.78, 5) is 24.9. The third-order valence-electron chi connectivity index (χ3n) is 4.28. The summed E-state index contributed by atoms with van der Waals surface area (Å²) in [5.74, 6) is -0.856. The van der Waals surface area contributed by atoms with E-state index in [1.54, 1.807) is 26.0 Å². The number of H-pyrrole nitrogens is 1. The quantitative estimate of drug-likeness (QED) is 0.526. The number of halogens is 1. The lowest BCUT2D eigenvalue weighted by molar-refractivity contribution is 0.0600. The fraction of sp³-hybridized carbons (Fsp3) is 0.227. The molecule has 3 rings (SSSR count). The number of esters is 1. The van der Waals surface area contributed by atoms with Crippen LogP contribution in [0.1, 0.15) is 34.7 Å². The minimum Gasteiger partial charge on any atom is -0.490 e. The summed E-state index contributed by atoms with van der Waals surface area (Å²) >= 11 is 0. The number of hydrogen-bond donors (Lipinski definition) is 2. The number of aromatic nitrogens is 2. The Bertz CT molecular complexity index is 1080. The average Bonchev–Trinajstić information content (AvgIpc) is 3.26. The van der Waals surface area contributed by atoms with Crippen molar-refractivity contribution in [2.75, 3.05) is 25.6 Å². The fourth-order valence-electron chi connectivity index (χ4n) is 2.88. The second-order valence-electron chi connectivity index (χ2n) is 6.34. The van der Waals surface area contributed by atoms with Crippen molar-refractivity contribution < 1.29 is 28.2 Å². The smallest absolute Gasteiger partial charge is 0.338 e. The van der Waals surface area contributed by atoms with Crippen LogP contribution < -0.4 is 14.8 Å². The first-order valence-electron chi connectivity index (χ1n) is 9.61. The molecule has 0 aliphatic heterocycles. The Hall–Kier alpha value is -3.88. The highest BCUT2D eigenvalue weighted by Crippen LogP contribution is 2.38. The zero-order chi connectivity index (χ0) is 22.4. The Morgan fingerprint density at radius 1 is 1.06 bits per heavy atom. The average molecular weight is 427 g/mol. The van der Waals surface area contributed by atoms with Crippen molar-refractivity contribution in [3.05, 3.63) is 59.5 Å². The summed E-state index contributed by atoms with van der Waals surface area (Å²) < 4.78 is 29.2. The molecule has 0 unspecified atom stereocenters. The van der Waals surface area contributed by atoms with Crippen LogP contribution in [0.25, 0.3) is 11.3 Å². The van der Waals surface area contributed by atoms with Crippen LogP contribution in [0, 0.1) is 5.82 Å². The summed E-state index contributed by atoms with van der Waals surface area (Å²) in [7, 11) is 1.26. The minimum atomic E-state index is -0.584. The molecule has 1 heterocycles. The maximum atomic E-state index is 13.1. The van der Waals surface area contributed by atoms with Gasteiger partial charge in [0.1, 0.15) is 11.5 Å². The number of aromatic amines is 1. The molecule has 0 radical (unpaired) electrons. The third kappa shape index (κ3) is 5.00. The number of carbonyl (C=O) groups excluding carboxylic acids is 2. The Morgan fingerprint density at radius 2 is 1.77 bits per heavy atom. The van der Waals surface area contributed by atoms with Gasteiger partial charge in [0, 0.05) is 5.56 Å². The molecule has 0 aliphatic carbocycles. The zero-order valence-electron chi connectivity index (χ0n) is 17.3. The lowest BCUT2D eigenvalue weighted by atomic mass is 10.1. The van der Waals surface area contributed by atoms with Gasteiger partial charge in [-0.25, -0.2) is 9.18 Å². The van der Waals surface area contributed by atoms with E-state index in [0.717, 1.165) is 0 Å². The predicted octanol–water partition coefficient (Wildman–Crippen LogP) is 4.05. The summed E-state index contributed by atoms with van der Waals surface area (Å²) in [6.45, 7) is 4.23. The first-order valence-corrected chi connectivity index (χ1v) is 9.61. The normalized spacial score (nSPS) is 10.5. The van der Waals surface area contributed by atoms with Gasteiger partial charge in [-0.15, -0.1) is 0 Å². The molecule has 1 amide bonds. The van der Waals surface area contributed by atoms with Gasteiger partial charge in [-0.1, -0.05) is 0 Å². The van der Waals surface area contributed by atoms with Crippen molar-refractivity contribution in [2.45, 2.75) is 13.8 Å². The molecule has 8 nitrogen and oxygen atoms in total. The van der Waals surface area contributed by atoms with E-state index >= 15 is 0 Å². The van der Waals surface area contributed by atoms with Gasteiger partial charge >= 0.3 is 5.97 Å². The van der Waals surface area contributed by atoms with E-state index in [-0.39, 0.29) is 22.8 Å². The van der Waals surface area contributed by atoms with Gasteiger partial charge in [0.05, 0.1) is 37.3 Å². The van der Waals surface area contributed by atoms with E-state index in [1.807, 2.05) is 0 Å². The summed E-state index contributed by atoms with van der Waals surface area (Å²) in [5.41, 5.74) is 1.74. The van der Waals surface area contributed by atoms with E-state index in [0.29, 0.717) is 36.0 Å². The second-order valence-corrected chi connectivity index (χ2v) is 6.34. The van der Waals surface area contributed by atoms with E-state index in [2.05, 4.69) is 15.5 Å². The Labute approximate surface area is 178 Å². The molecular formula is C22H22FN3O5.